The van der Waals surface area contributed by atoms with E-state index in [4.69, 9.17) is 0 Å². The van der Waals surface area contributed by atoms with E-state index >= 15 is 0 Å². The first-order valence-electron chi connectivity index (χ1n) is 7.54. The lowest BCUT2D eigenvalue weighted by Gasteiger charge is -2.26. The molecular weight excluding hydrogens is 294 g/mol. The van der Waals surface area contributed by atoms with E-state index in [1.165, 1.54) is 15.9 Å². The van der Waals surface area contributed by atoms with E-state index in [0.29, 0.717) is 0 Å². The van der Waals surface area contributed by atoms with Crippen molar-refractivity contribution in [2.75, 3.05) is 6.16 Å². The highest BCUT2D eigenvalue weighted by atomic mass is 31.2. The van der Waals surface area contributed by atoms with Crippen LogP contribution in [0.3, 0.4) is 0 Å². The number of benzene rings is 3. The smallest absolute Gasteiger partial charge is 0.0995 e. The van der Waals surface area contributed by atoms with Crippen LogP contribution in [0, 0.1) is 0 Å². The van der Waals surface area contributed by atoms with Crippen molar-refractivity contribution in [3.8, 4) is 0 Å². The van der Waals surface area contributed by atoms with Crippen molar-refractivity contribution in [3.05, 3.63) is 104 Å². The third-order valence-corrected chi connectivity index (χ3v) is 8.34. The van der Waals surface area contributed by atoms with Crippen molar-refractivity contribution in [3.63, 3.8) is 0 Å². The minimum absolute atomic E-state index is 0. The van der Waals surface area contributed by atoms with E-state index in [1.807, 2.05) is 0 Å². The standard InChI is InChI=1S/C21H20P.B/c1-2-18-22(19-12-6-3-7-13-19,20-14-8-4-9-15-20)21-16-10-5-11-17-21;/h2-17H,1,18H2;/q+1;. The Morgan fingerprint density at radius 1 is 0.609 bits per heavy atom. The monoisotopic (exact) mass is 314 g/mol. The zero-order valence-corrected chi connectivity index (χ0v) is 14.1. The van der Waals surface area contributed by atoms with Gasteiger partial charge in [0.25, 0.3) is 0 Å². The van der Waals surface area contributed by atoms with E-state index in [9.17, 15) is 0 Å². The van der Waals surface area contributed by atoms with Crippen LogP contribution in [-0.4, -0.2) is 14.6 Å². The maximum Gasteiger partial charge on any atom is 0.115 e. The van der Waals surface area contributed by atoms with Crippen molar-refractivity contribution < 1.29 is 0 Å². The van der Waals surface area contributed by atoms with Gasteiger partial charge in [0.05, 0.1) is 6.16 Å². The molecule has 0 nitrogen and oxygen atoms in total. The maximum atomic E-state index is 4.05. The summed E-state index contributed by atoms with van der Waals surface area (Å²) >= 11 is 0. The first kappa shape index (κ1) is 17.3. The summed E-state index contributed by atoms with van der Waals surface area (Å²) in [6.07, 6.45) is 3.05. The van der Waals surface area contributed by atoms with E-state index in [0.717, 1.165) is 6.16 Å². The normalized spacial score (nSPS) is 10.6. The highest BCUT2D eigenvalue weighted by molar-refractivity contribution is 7.95. The predicted molar refractivity (Wildman–Crippen MR) is 106 cm³/mol. The molecule has 2 heteroatoms. The molecule has 23 heavy (non-hydrogen) atoms. The molecule has 0 spiro atoms. The lowest BCUT2D eigenvalue weighted by atomic mass is 10.4. The fraction of sp³-hybridized carbons (Fsp3) is 0.0476. The molecule has 3 aromatic rings. The van der Waals surface area contributed by atoms with Gasteiger partial charge in [-0.05, 0) is 36.4 Å². The Hall–Kier alpha value is -2.11. The van der Waals surface area contributed by atoms with Crippen LogP contribution >= 0.6 is 7.26 Å². The van der Waals surface area contributed by atoms with Crippen LogP contribution in [0.1, 0.15) is 0 Å². The number of rotatable bonds is 5. The average Bonchev–Trinajstić information content (AvgIpc) is 2.62. The maximum absolute atomic E-state index is 4.05. The largest absolute Gasteiger partial charge is 0.115 e. The summed E-state index contributed by atoms with van der Waals surface area (Å²) in [5.41, 5.74) is 0. The molecule has 3 rings (SSSR count). The molecule has 0 saturated carbocycles. The number of hydrogen-bond acceptors (Lipinski definition) is 0. The molecule has 0 amide bonds. The Labute approximate surface area is 141 Å². The third-order valence-electron chi connectivity index (χ3n) is 3.99. The summed E-state index contributed by atoms with van der Waals surface area (Å²) in [7, 11) is -1.67. The van der Waals surface area contributed by atoms with Crippen molar-refractivity contribution in [1.29, 1.82) is 0 Å². The molecule has 0 aliphatic heterocycles. The minimum atomic E-state index is -1.67. The van der Waals surface area contributed by atoms with Crippen LogP contribution in [0.2, 0.25) is 0 Å². The van der Waals surface area contributed by atoms with Gasteiger partial charge in [0.15, 0.2) is 0 Å². The zero-order chi connectivity index (χ0) is 15.3. The zero-order valence-electron chi connectivity index (χ0n) is 13.2. The first-order chi connectivity index (χ1) is 10.9. The topological polar surface area (TPSA) is 0 Å². The lowest BCUT2D eigenvalue weighted by Crippen LogP contribution is -2.32. The van der Waals surface area contributed by atoms with Crippen LogP contribution in [-0.2, 0) is 0 Å². The third kappa shape index (κ3) is 3.31. The van der Waals surface area contributed by atoms with Gasteiger partial charge in [-0.15, -0.1) is 0 Å². The Morgan fingerprint density at radius 3 is 1.17 bits per heavy atom. The summed E-state index contributed by atoms with van der Waals surface area (Å²) < 4.78 is 0. The summed E-state index contributed by atoms with van der Waals surface area (Å²) in [4.78, 5) is 0. The quantitative estimate of drug-likeness (QED) is 0.382. The van der Waals surface area contributed by atoms with Gasteiger partial charge in [0.1, 0.15) is 23.2 Å². The molecule has 0 heterocycles. The Balaban J connectivity index is 0.00000192. The van der Waals surface area contributed by atoms with E-state index < -0.39 is 7.26 Å². The molecule has 111 valence electrons. The van der Waals surface area contributed by atoms with Crippen LogP contribution in [0.25, 0.3) is 0 Å². The molecule has 0 saturated heterocycles. The fourth-order valence-electron chi connectivity index (χ4n) is 3.00. The molecule has 0 atom stereocenters. The molecule has 0 unspecified atom stereocenters. The minimum Gasteiger partial charge on any atom is -0.0995 e. The van der Waals surface area contributed by atoms with Crippen molar-refractivity contribution in [1.82, 2.24) is 0 Å². The summed E-state index contributed by atoms with van der Waals surface area (Å²) in [6.45, 7) is 4.05. The van der Waals surface area contributed by atoms with Gasteiger partial charge in [-0.1, -0.05) is 67.3 Å². The number of allylic oxidation sites excluding steroid dienone is 1. The molecule has 0 aromatic heterocycles. The van der Waals surface area contributed by atoms with Crippen LogP contribution < -0.4 is 15.9 Å². The highest BCUT2D eigenvalue weighted by Crippen LogP contribution is 2.55. The van der Waals surface area contributed by atoms with Crippen molar-refractivity contribution in [2.24, 2.45) is 0 Å². The van der Waals surface area contributed by atoms with Gasteiger partial charge in [0, 0.05) is 8.41 Å². The van der Waals surface area contributed by atoms with Gasteiger partial charge in [-0.25, -0.2) is 0 Å². The van der Waals surface area contributed by atoms with Crippen molar-refractivity contribution in [2.45, 2.75) is 0 Å². The van der Waals surface area contributed by atoms with Crippen molar-refractivity contribution >= 4 is 31.6 Å². The van der Waals surface area contributed by atoms with Gasteiger partial charge < -0.3 is 0 Å². The summed E-state index contributed by atoms with van der Waals surface area (Å²) in [5, 5.41) is 4.23. The molecule has 3 radical (unpaired) electrons. The second-order valence-corrected chi connectivity index (χ2v) is 8.82. The van der Waals surface area contributed by atoms with E-state index in [-0.39, 0.29) is 8.41 Å². The van der Waals surface area contributed by atoms with E-state index in [2.05, 4.69) is 104 Å². The Morgan fingerprint density at radius 2 is 0.913 bits per heavy atom. The van der Waals surface area contributed by atoms with Crippen LogP contribution in [0.15, 0.2) is 104 Å². The summed E-state index contributed by atoms with van der Waals surface area (Å²) in [5.74, 6) is 0. The molecule has 0 bridgehead atoms. The molecule has 0 fully saturated rings. The average molecular weight is 314 g/mol. The SMILES string of the molecule is C=CC[P+](c1ccccc1)(c1ccccc1)c1ccccc1.[B]. The summed E-state index contributed by atoms with van der Waals surface area (Å²) in [6, 6.07) is 32.7. The molecule has 0 aliphatic carbocycles. The van der Waals surface area contributed by atoms with Gasteiger partial charge in [-0.2, -0.15) is 0 Å². The van der Waals surface area contributed by atoms with Crippen LogP contribution in [0.5, 0.6) is 0 Å². The first-order valence-corrected chi connectivity index (χ1v) is 9.51. The predicted octanol–water partition coefficient (Wildman–Crippen LogP) is 3.79. The van der Waals surface area contributed by atoms with Gasteiger partial charge >= 0.3 is 0 Å². The molecular formula is C21H20BP+. The second-order valence-electron chi connectivity index (χ2n) is 5.29. The van der Waals surface area contributed by atoms with Gasteiger partial charge in [0.2, 0.25) is 0 Å². The fourth-order valence-corrected chi connectivity index (χ4v) is 6.96. The molecule has 0 N–H and O–H groups in total. The van der Waals surface area contributed by atoms with Crippen LogP contribution in [0.4, 0.5) is 0 Å². The Kier molecular flexibility index (Phi) is 5.96. The number of hydrogen-bond donors (Lipinski definition) is 0. The Bertz CT molecular complexity index is 627. The van der Waals surface area contributed by atoms with Gasteiger partial charge in [-0.3, -0.25) is 0 Å². The second kappa shape index (κ2) is 7.95. The lowest BCUT2D eigenvalue weighted by molar-refractivity contribution is 1.66. The van der Waals surface area contributed by atoms with E-state index in [1.54, 1.807) is 0 Å². The highest BCUT2D eigenvalue weighted by Gasteiger charge is 2.43. The molecule has 0 aliphatic rings. The molecule has 3 aromatic carbocycles.